The zero-order valence-corrected chi connectivity index (χ0v) is 16.1. The molecule has 0 aliphatic carbocycles. The Morgan fingerprint density at radius 1 is 0.792 bits per heavy atom. The molecule has 0 saturated carbocycles. The van der Waals surface area contributed by atoms with Crippen LogP contribution in [0.15, 0.2) is 42.5 Å². The summed E-state index contributed by atoms with van der Waals surface area (Å²) in [5, 5.41) is 10.8. The lowest BCUT2D eigenvalue weighted by molar-refractivity contribution is 0.437. The summed E-state index contributed by atoms with van der Waals surface area (Å²) in [6.45, 7) is 13.2. The molecule has 0 atom stereocenters. The van der Waals surface area contributed by atoms with Crippen molar-refractivity contribution in [1.29, 1.82) is 0 Å². The van der Waals surface area contributed by atoms with E-state index in [2.05, 4.69) is 84.0 Å². The van der Waals surface area contributed by atoms with Crippen LogP contribution in [0.3, 0.4) is 0 Å². The molecule has 0 heterocycles. The van der Waals surface area contributed by atoms with Gasteiger partial charge in [0.05, 0.1) is 0 Å². The van der Waals surface area contributed by atoms with Crippen LogP contribution in [0.4, 0.5) is 0 Å². The smallest absolute Gasteiger partial charge is 0.122 e. The first kappa shape index (κ1) is 18.6. The molecule has 2 aromatic carbocycles. The maximum atomic E-state index is 10.8. The van der Waals surface area contributed by atoms with E-state index in [1.807, 2.05) is 0 Å². The third-order valence-electron chi connectivity index (χ3n) is 4.62. The molecule has 1 N–H and O–H groups in total. The summed E-state index contributed by atoms with van der Waals surface area (Å²) in [7, 11) is 0. The highest BCUT2D eigenvalue weighted by Crippen LogP contribution is 2.38. The van der Waals surface area contributed by atoms with Crippen LogP contribution in [0.2, 0.25) is 0 Å². The standard InChI is InChI=1S/C23H32O/c1-22(2,3)19-15-18(21(24)20(16-19)23(4,5)6)14-10-13-17-11-8-7-9-12-17/h7-9,11-12,15-16,24H,10,13-14H2,1-6H3. The molecule has 2 aromatic rings. The fraction of sp³-hybridized carbons (Fsp3) is 0.478. The van der Waals surface area contributed by atoms with Gasteiger partial charge in [-0.15, -0.1) is 0 Å². The number of benzene rings is 2. The van der Waals surface area contributed by atoms with E-state index in [0.717, 1.165) is 30.4 Å². The van der Waals surface area contributed by atoms with E-state index >= 15 is 0 Å². The topological polar surface area (TPSA) is 20.2 Å². The van der Waals surface area contributed by atoms with E-state index in [0.29, 0.717) is 5.75 Å². The van der Waals surface area contributed by atoms with Crippen molar-refractivity contribution in [3.63, 3.8) is 0 Å². The molecule has 24 heavy (non-hydrogen) atoms. The van der Waals surface area contributed by atoms with Crippen LogP contribution in [0.25, 0.3) is 0 Å². The first-order valence-corrected chi connectivity index (χ1v) is 9.00. The van der Waals surface area contributed by atoms with Crippen LogP contribution in [0.5, 0.6) is 5.75 Å². The zero-order chi connectivity index (χ0) is 18.0. The Balaban J connectivity index is 2.27. The normalized spacial score (nSPS) is 12.4. The second kappa shape index (κ2) is 7.01. The van der Waals surface area contributed by atoms with Crippen molar-refractivity contribution in [2.45, 2.75) is 71.6 Å². The van der Waals surface area contributed by atoms with Gasteiger partial charge in [0, 0.05) is 0 Å². The van der Waals surface area contributed by atoms with Crippen molar-refractivity contribution in [2.24, 2.45) is 0 Å². The zero-order valence-electron chi connectivity index (χ0n) is 16.1. The van der Waals surface area contributed by atoms with E-state index in [1.165, 1.54) is 11.1 Å². The van der Waals surface area contributed by atoms with E-state index in [-0.39, 0.29) is 10.8 Å². The first-order valence-electron chi connectivity index (χ1n) is 9.00. The summed E-state index contributed by atoms with van der Waals surface area (Å²) in [4.78, 5) is 0. The molecule has 0 radical (unpaired) electrons. The molecule has 1 nitrogen and oxygen atoms in total. The molecule has 0 spiro atoms. The van der Waals surface area contributed by atoms with Crippen molar-refractivity contribution in [1.82, 2.24) is 0 Å². The fourth-order valence-electron chi connectivity index (χ4n) is 3.02. The summed E-state index contributed by atoms with van der Waals surface area (Å²) in [5.41, 5.74) is 4.84. The number of hydrogen-bond acceptors (Lipinski definition) is 1. The minimum atomic E-state index is -0.0560. The molecule has 1 heteroatoms. The van der Waals surface area contributed by atoms with Gasteiger partial charge in [0.25, 0.3) is 0 Å². The lowest BCUT2D eigenvalue weighted by Gasteiger charge is -2.27. The van der Waals surface area contributed by atoms with Gasteiger partial charge in [-0.3, -0.25) is 0 Å². The van der Waals surface area contributed by atoms with E-state index < -0.39 is 0 Å². The highest BCUT2D eigenvalue weighted by molar-refractivity contribution is 5.48. The number of phenolic OH excluding ortho intramolecular Hbond substituents is 1. The van der Waals surface area contributed by atoms with Gasteiger partial charge < -0.3 is 5.11 Å². The molecule has 0 bridgehead atoms. The molecule has 0 aromatic heterocycles. The maximum absolute atomic E-state index is 10.8. The largest absolute Gasteiger partial charge is 0.507 e. The molecular formula is C23H32O. The van der Waals surface area contributed by atoms with Crippen LogP contribution in [-0.4, -0.2) is 5.11 Å². The monoisotopic (exact) mass is 324 g/mol. The van der Waals surface area contributed by atoms with Crippen LogP contribution in [-0.2, 0) is 23.7 Å². The fourth-order valence-corrected chi connectivity index (χ4v) is 3.02. The minimum Gasteiger partial charge on any atom is -0.507 e. The Morgan fingerprint density at radius 2 is 1.42 bits per heavy atom. The lowest BCUT2D eigenvalue weighted by Crippen LogP contribution is -2.17. The Bertz CT molecular complexity index is 670. The van der Waals surface area contributed by atoms with Crippen molar-refractivity contribution < 1.29 is 5.11 Å². The average Bonchev–Trinajstić information content (AvgIpc) is 2.47. The Morgan fingerprint density at radius 3 is 1.96 bits per heavy atom. The first-order chi connectivity index (χ1) is 11.1. The van der Waals surface area contributed by atoms with Crippen molar-refractivity contribution >= 4 is 0 Å². The molecule has 130 valence electrons. The summed E-state index contributed by atoms with van der Waals surface area (Å²) < 4.78 is 0. The molecule has 2 rings (SSSR count). The third-order valence-corrected chi connectivity index (χ3v) is 4.62. The minimum absolute atomic E-state index is 0.0560. The quantitative estimate of drug-likeness (QED) is 0.713. The van der Waals surface area contributed by atoms with E-state index in [9.17, 15) is 5.11 Å². The molecule has 0 aliphatic rings. The molecule has 0 amide bonds. The predicted molar refractivity (Wildman–Crippen MR) is 104 cm³/mol. The van der Waals surface area contributed by atoms with Crippen LogP contribution in [0.1, 0.15) is 70.2 Å². The number of rotatable bonds is 4. The van der Waals surface area contributed by atoms with Gasteiger partial charge in [-0.1, -0.05) is 84.0 Å². The number of aromatic hydroxyl groups is 1. The Kier molecular flexibility index (Phi) is 5.42. The van der Waals surface area contributed by atoms with Gasteiger partial charge in [0.2, 0.25) is 0 Å². The average molecular weight is 325 g/mol. The van der Waals surface area contributed by atoms with Gasteiger partial charge >= 0.3 is 0 Å². The summed E-state index contributed by atoms with van der Waals surface area (Å²) in [5.74, 6) is 0.489. The molecule has 0 unspecified atom stereocenters. The molecule has 0 saturated heterocycles. The molecular weight excluding hydrogens is 292 g/mol. The summed E-state index contributed by atoms with van der Waals surface area (Å²) >= 11 is 0. The highest BCUT2D eigenvalue weighted by Gasteiger charge is 2.24. The van der Waals surface area contributed by atoms with Crippen molar-refractivity contribution in [3.05, 3.63) is 64.7 Å². The Hall–Kier alpha value is -1.76. The number of phenols is 1. The molecule has 0 aliphatic heterocycles. The second-order valence-corrected chi connectivity index (χ2v) is 8.87. The van der Waals surface area contributed by atoms with E-state index in [4.69, 9.17) is 0 Å². The number of hydrogen-bond donors (Lipinski definition) is 1. The maximum Gasteiger partial charge on any atom is 0.122 e. The SMILES string of the molecule is CC(C)(C)c1cc(CCCc2ccccc2)c(O)c(C(C)(C)C)c1. The Labute approximate surface area is 147 Å². The second-order valence-electron chi connectivity index (χ2n) is 8.87. The van der Waals surface area contributed by atoms with Crippen LogP contribution >= 0.6 is 0 Å². The summed E-state index contributed by atoms with van der Waals surface area (Å²) in [6.07, 6.45) is 3.01. The van der Waals surface area contributed by atoms with Crippen LogP contribution < -0.4 is 0 Å². The van der Waals surface area contributed by atoms with Gasteiger partial charge in [-0.25, -0.2) is 0 Å². The predicted octanol–water partition coefficient (Wildman–Crippen LogP) is 6.16. The van der Waals surface area contributed by atoms with Gasteiger partial charge in [0.1, 0.15) is 5.75 Å². The molecule has 0 fully saturated rings. The van der Waals surface area contributed by atoms with Gasteiger partial charge in [0.15, 0.2) is 0 Å². The van der Waals surface area contributed by atoms with Crippen molar-refractivity contribution in [3.8, 4) is 5.75 Å². The van der Waals surface area contributed by atoms with Gasteiger partial charge in [-0.2, -0.15) is 0 Å². The van der Waals surface area contributed by atoms with E-state index in [1.54, 1.807) is 0 Å². The number of aryl methyl sites for hydroxylation is 2. The lowest BCUT2D eigenvalue weighted by atomic mass is 9.78. The summed E-state index contributed by atoms with van der Waals surface area (Å²) in [6, 6.07) is 15.0. The third kappa shape index (κ3) is 4.63. The highest BCUT2D eigenvalue weighted by atomic mass is 16.3. The van der Waals surface area contributed by atoms with Crippen molar-refractivity contribution in [2.75, 3.05) is 0 Å². The van der Waals surface area contributed by atoms with Crippen LogP contribution in [0, 0.1) is 0 Å². The van der Waals surface area contributed by atoms with Gasteiger partial charge in [-0.05, 0) is 52.3 Å².